The Labute approximate surface area is 107 Å². The van der Waals surface area contributed by atoms with Gasteiger partial charge in [-0.1, -0.05) is 12.1 Å². The van der Waals surface area contributed by atoms with Crippen molar-refractivity contribution in [3.8, 4) is 0 Å². The molecule has 0 atom stereocenters. The number of carbonyl (C=O) groups excluding carboxylic acids is 2. The molecular weight excluding hydrogens is 232 g/mol. The molecule has 0 unspecified atom stereocenters. The van der Waals surface area contributed by atoms with Crippen molar-refractivity contribution in [2.75, 3.05) is 13.7 Å². The van der Waals surface area contributed by atoms with Crippen molar-refractivity contribution >= 4 is 11.9 Å². The van der Waals surface area contributed by atoms with Gasteiger partial charge in [-0.15, -0.1) is 0 Å². The first kappa shape index (κ1) is 14.2. The van der Waals surface area contributed by atoms with Gasteiger partial charge in [0.05, 0.1) is 25.7 Å². The normalized spacial score (nSPS) is 10.0. The van der Waals surface area contributed by atoms with E-state index < -0.39 is 5.97 Å². The Kier molecular flexibility index (Phi) is 4.89. The van der Waals surface area contributed by atoms with E-state index in [1.54, 1.807) is 13.0 Å². The summed E-state index contributed by atoms with van der Waals surface area (Å²) in [5.41, 5.74) is 2.95. The molecule has 0 spiro atoms. The minimum atomic E-state index is -0.391. The van der Waals surface area contributed by atoms with Crippen LogP contribution in [0, 0.1) is 13.8 Å². The molecule has 4 nitrogen and oxygen atoms in total. The molecular formula is C14H18O4. The van der Waals surface area contributed by atoms with E-state index >= 15 is 0 Å². The summed E-state index contributed by atoms with van der Waals surface area (Å²) in [6.07, 6.45) is 0.0752. The number of hydrogen-bond acceptors (Lipinski definition) is 4. The van der Waals surface area contributed by atoms with Crippen LogP contribution in [0.4, 0.5) is 0 Å². The largest absolute Gasteiger partial charge is 0.469 e. The van der Waals surface area contributed by atoms with Crippen molar-refractivity contribution in [3.05, 3.63) is 34.4 Å². The van der Waals surface area contributed by atoms with Gasteiger partial charge >= 0.3 is 11.9 Å². The Hall–Kier alpha value is -1.84. The number of methoxy groups -OCH3 is 1. The number of ether oxygens (including phenoxy) is 2. The lowest BCUT2D eigenvalue weighted by Gasteiger charge is -2.13. The van der Waals surface area contributed by atoms with E-state index in [0.717, 1.165) is 11.1 Å². The fourth-order valence-electron chi connectivity index (χ4n) is 1.73. The quantitative estimate of drug-likeness (QED) is 0.769. The van der Waals surface area contributed by atoms with Gasteiger partial charge in [-0.05, 0) is 37.5 Å². The molecule has 0 saturated carbocycles. The van der Waals surface area contributed by atoms with Crippen molar-refractivity contribution < 1.29 is 19.1 Å². The molecule has 0 saturated heterocycles. The number of rotatable bonds is 4. The zero-order valence-corrected chi connectivity index (χ0v) is 11.2. The molecule has 1 aromatic carbocycles. The Balaban J connectivity index is 3.21. The average molecular weight is 250 g/mol. The summed E-state index contributed by atoms with van der Waals surface area (Å²) in [5, 5.41) is 0. The summed E-state index contributed by atoms with van der Waals surface area (Å²) in [5.74, 6) is -0.763. The summed E-state index contributed by atoms with van der Waals surface area (Å²) in [4.78, 5) is 23.3. The second kappa shape index (κ2) is 6.19. The van der Waals surface area contributed by atoms with E-state index in [1.807, 2.05) is 19.9 Å². The molecule has 0 amide bonds. The van der Waals surface area contributed by atoms with E-state index in [0.29, 0.717) is 17.7 Å². The number of carbonyl (C=O) groups is 2. The molecule has 4 heteroatoms. The minimum Gasteiger partial charge on any atom is -0.469 e. The van der Waals surface area contributed by atoms with E-state index in [4.69, 9.17) is 4.74 Å². The standard InChI is InChI=1S/C14H18O4/c1-5-18-14(16)13-10(3)9(2)6-7-11(13)8-12(15)17-4/h6-7H,5,8H2,1-4H3. The van der Waals surface area contributed by atoms with Crippen molar-refractivity contribution in [2.45, 2.75) is 27.2 Å². The van der Waals surface area contributed by atoms with Crippen molar-refractivity contribution in [1.29, 1.82) is 0 Å². The SMILES string of the molecule is CCOC(=O)c1c(CC(=O)OC)ccc(C)c1C. The molecule has 0 heterocycles. The van der Waals surface area contributed by atoms with E-state index in [1.165, 1.54) is 7.11 Å². The number of aryl methyl sites for hydroxylation is 1. The molecule has 0 fully saturated rings. The third kappa shape index (κ3) is 3.09. The van der Waals surface area contributed by atoms with Gasteiger partial charge in [0, 0.05) is 0 Å². The Bertz CT molecular complexity index is 463. The highest BCUT2D eigenvalue weighted by molar-refractivity contribution is 5.94. The molecule has 1 aromatic rings. The van der Waals surface area contributed by atoms with Gasteiger partial charge in [0.2, 0.25) is 0 Å². The molecule has 98 valence electrons. The van der Waals surface area contributed by atoms with Crippen LogP contribution in [0.2, 0.25) is 0 Å². The highest BCUT2D eigenvalue weighted by atomic mass is 16.5. The first-order chi connectivity index (χ1) is 8.51. The lowest BCUT2D eigenvalue weighted by molar-refractivity contribution is -0.139. The third-order valence-corrected chi connectivity index (χ3v) is 2.86. The van der Waals surface area contributed by atoms with Crippen molar-refractivity contribution in [1.82, 2.24) is 0 Å². The van der Waals surface area contributed by atoms with Crippen LogP contribution < -0.4 is 0 Å². The smallest absolute Gasteiger partial charge is 0.338 e. The highest BCUT2D eigenvalue weighted by Gasteiger charge is 2.18. The van der Waals surface area contributed by atoms with Crippen LogP contribution in [0.1, 0.15) is 34.0 Å². The van der Waals surface area contributed by atoms with Crippen LogP contribution in [0.15, 0.2) is 12.1 Å². The molecule has 0 aliphatic carbocycles. The van der Waals surface area contributed by atoms with Crippen LogP contribution in [-0.4, -0.2) is 25.7 Å². The average Bonchev–Trinajstić information content (AvgIpc) is 2.34. The Morgan fingerprint density at radius 2 is 1.89 bits per heavy atom. The van der Waals surface area contributed by atoms with Crippen LogP contribution in [0.25, 0.3) is 0 Å². The van der Waals surface area contributed by atoms with Gasteiger partial charge in [0.1, 0.15) is 0 Å². The van der Waals surface area contributed by atoms with Gasteiger partial charge in [-0.25, -0.2) is 4.79 Å². The highest BCUT2D eigenvalue weighted by Crippen LogP contribution is 2.20. The maximum atomic E-state index is 11.9. The van der Waals surface area contributed by atoms with Crippen LogP contribution in [0.3, 0.4) is 0 Å². The van der Waals surface area contributed by atoms with Crippen molar-refractivity contribution in [3.63, 3.8) is 0 Å². The summed E-state index contributed by atoms with van der Waals surface area (Å²) in [6.45, 7) is 5.83. The first-order valence-corrected chi connectivity index (χ1v) is 5.84. The molecule has 0 aromatic heterocycles. The Morgan fingerprint density at radius 3 is 2.44 bits per heavy atom. The summed E-state index contributed by atoms with van der Waals surface area (Å²) in [7, 11) is 1.33. The van der Waals surface area contributed by atoms with Gasteiger partial charge in [-0.2, -0.15) is 0 Å². The monoisotopic (exact) mass is 250 g/mol. The summed E-state index contributed by atoms with van der Waals surface area (Å²) in [6, 6.07) is 3.65. The fourth-order valence-corrected chi connectivity index (χ4v) is 1.73. The molecule has 0 bridgehead atoms. The lowest BCUT2D eigenvalue weighted by atomic mass is 9.96. The van der Waals surface area contributed by atoms with Crippen LogP contribution >= 0.6 is 0 Å². The second-order valence-corrected chi connectivity index (χ2v) is 4.01. The first-order valence-electron chi connectivity index (χ1n) is 5.84. The molecule has 18 heavy (non-hydrogen) atoms. The molecule has 1 rings (SSSR count). The van der Waals surface area contributed by atoms with Crippen molar-refractivity contribution in [2.24, 2.45) is 0 Å². The fraction of sp³-hybridized carbons (Fsp3) is 0.429. The van der Waals surface area contributed by atoms with Gasteiger partial charge in [-0.3, -0.25) is 4.79 Å². The van der Waals surface area contributed by atoms with E-state index in [9.17, 15) is 9.59 Å². The van der Waals surface area contributed by atoms with E-state index in [2.05, 4.69) is 4.74 Å². The van der Waals surface area contributed by atoms with Gasteiger partial charge in [0.25, 0.3) is 0 Å². The van der Waals surface area contributed by atoms with Gasteiger partial charge in [0.15, 0.2) is 0 Å². The molecule has 0 radical (unpaired) electrons. The minimum absolute atomic E-state index is 0.0752. The lowest BCUT2D eigenvalue weighted by Crippen LogP contribution is -2.14. The molecule has 0 aliphatic rings. The number of esters is 2. The third-order valence-electron chi connectivity index (χ3n) is 2.86. The van der Waals surface area contributed by atoms with Crippen LogP contribution in [-0.2, 0) is 20.7 Å². The molecule has 0 N–H and O–H groups in total. The maximum absolute atomic E-state index is 11.9. The molecule has 0 aliphatic heterocycles. The maximum Gasteiger partial charge on any atom is 0.338 e. The number of hydrogen-bond donors (Lipinski definition) is 0. The Morgan fingerprint density at radius 1 is 1.22 bits per heavy atom. The predicted octanol–water partition coefficient (Wildman–Crippen LogP) is 2.20. The predicted molar refractivity (Wildman–Crippen MR) is 67.6 cm³/mol. The van der Waals surface area contributed by atoms with E-state index in [-0.39, 0.29) is 12.4 Å². The zero-order chi connectivity index (χ0) is 13.7. The van der Waals surface area contributed by atoms with Crippen LogP contribution in [0.5, 0.6) is 0 Å². The topological polar surface area (TPSA) is 52.6 Å². The summed E-state index contributed by atoms with van der Waals surface area (Å²) >= 11 is 0. The number of benzene rings is 1. The second-order valence-electron chi connectivity index (χ2n) is 4.01. The summed E-state index contributed by atoms with van der Waals surface area (Å²) < 4.78 is 9.66. The zero-order valence-electron chi connectivity index (χ0n) is 11.2. The van der Waals surface area contributed by atoms with Gasteiger partial charge < -0.3 is 9.47 Å².